The minimum Gasteiger partial charge on any atom is -0.489 e. The number of nitro groups is 1. The quantitative estimate of drug-likeness (QED) is 0.670. The van der Waals surface area contributed by atoms with Crippen LogP contribution in [0.3, 0.4) is 0 Å². The highest BCUT2D eigenvalue weighted by molar-refractivity contribution is 5.44. The zero-order valence-electron chi connectivity index (χ0n) is 11.2. The third kappa shape index (κ3) is 3.13. The molecule has 2 aromatic carbocycles. The molecule has 0 spiro atoms. The van der Waals surface area contributed by atoms with Gasteiger partial charge in [0.1, 0.15) is 12.4 Å². The van der Waals surface area contributed by atoms with Gasteiger partial charge < -0.3 is 10.5 Å². The maximum Gasteiger partial charge on any atom is 0.272 e. The second-order valence-electron chi connectivity index (χ2n) is 4.46. The van der Waals surface area contributed by atoms with Crippen molar-refractivity contribution in [2.45, 2.75) is 20.1 Å². The molecule has 0 heterocycles. The van der Waals surface area contributed by atoms with Crippen molar-refractivity contribution in [3.8, 4) is 5.75 Å². The van der Waals surface area contributed by atoms with Gasteiger partial charge >= 0.3 is 0 Å². The Balaban J connectivity index is 2.14. The molecule has 0 unspecified atom stereocenters. The van der Waals surface area contributed by atoms with Crippen LogP contribution >= 0.6 is 0 Å². The molecular weight excluding hydrogens is 256 g/mol. The number of nitrogens with zero attached hydrogens (tertiary/aromatic N) is 1. The van der Waals surface area contributed by atoms with Gasteiger partial charge in [-0.2, -0.15) is 0 Å². The van der Waals surface area contributed by atoms with Crippen LogP contribution in [0.15, 0.2) is 42.5 Å². The van der Waals surface area contributed by atoms with E-state index in [2.05, 4.69) is 0 Å². The molecule has 0 bridgehead atoms. The van der Waals surface area contributed by atoms with Crippen molar-refractivity contribution in [3.63, 3.8) is 0 Å². The minimum absolute atomic E-state index is 0.113. The topological polar surface area (TPSA) is 78.4 Å². The molecule has 2 aromatic rings. The maximum absolute atomic E-state index is 10.9. The molecule has 5 nitrogen and oxygen atoms in total. The zero-order valence-corrected chi connectivity index (χ0v) is 11.2. The Morgan fingerprint density at radius 2 is 2.00 bits per heavy atom. The van der Waals surface area contributed by atoms with E-state index in [4.69, 9.17) is 10.5 Å². The van der Waals surface area contributed by atoms with Gasteiger partial charge in [0.2, 0.25) is 0 Å². The maximum atomic E-state index is 10.9. The first-order valence-electron chi connectivity index (χ1n) is 6.26. The summed E-state index contributed by atoms with van der Waals surface area (Å²) in [5.74, 6) is 0.707. The molecule has 104 valence electrons. The summed E-state index contributed by atoms with van der Waals surface area (Å²) in [5, 5.41) is 10.9. The van der Waals surface area contributed by atoms with E-state index in [9.17, 15) is 10.1 Å². The lowest BCUT2D eigenvalue weighted by Crippen LogP contribution is -2.02. The van der Waals surface area contributed by atoms with Crippen molar-refractivity contribution in [1.29, 1.82) is 0 Å². The van der Waals surface area contributed by atoms with Crippen molar-refractivity contribution in [2.75, 3.05) is 0 Å². The average molecular weight is 272 g/mol. The number of benzene rings is 2. The molecule has 0 aliphatic carbocycles. The van der Waals surface area contributed by atoms with Gasteiger partial charge in [0, 0.05) is 18.2 Å². The number of nitro benzene ring substituents is 1. The number of rotatable bonds is 5. The number of hydrogen-bond acceptors (Lipinski definition) is 4. The molecule has 2 N–H and O–H groups in total. The first-order chi connectivity index (χ1) is 9.61. The van der Waals surface area contributed by atoms with Crippen molar-refractivity contribution in [3.05, 3.63) is 69.3 Å². The van der Waals surface area contributed by atoms with Crippen molar-refractivity contribution in [1.82, 2.24) is 0 Å². The van der Waals surface area contributed by atoms with Crippen LogP contribution in [0.2, 0.25) is 0 Å². The Morgan fingerprint density at radius 1 is 1.25 bits per heavy atom. The monoisotopic (exact) mass is 272 g/mol. The molecule has 0 atom stereocenters. The first-order valence-corrected chi connectivity index (χ1v) is 6.26. The van der Waals surface area contributed by atoms with E-state index >= 15 is 0 Å². The fourth-order valence-corrected chi connectivity index (χ4v) is 1.95. The Kier molecular flexibility index (Phi) is 4.32. The molecule has 0 aliphatic heterocycles. The smallest absolute Gasteiger partial charge is 0.272 e. The first kappa shape index (κ1) is 14.0. The summed E-state index contributed by atoms with van der Waals surface area (Å²) in [5.41, 5.74) is 8.11. The number of ether oxygens (including phenoxy) is 1. The largest absolute Gasteiger partial charge is 0.489 e. The lowest BCUT2D eigenvalue weighted by Gasteiger charge is -2.09. The van der Waals surface area contributed by atoms with E-state index in [0.29, 0.717) is 24.5 Å². The summed E-state index contributed by atoms with van der Waals surface area (Å²) in [4.78, 5) is 10.5. The van der Waals surface area contributed by atoms with Gasteiger partial charge in [0.15, 0.2) is 0 Å². The molecule has 0 radical (unpaired) electrons. The van der Waals surface area contributed by atoms with Crippen LogP contribution in [-0.4, -0.2) is 4.92 Å². The normalized spacial score (nSPS) is 10.3. The minimum atomic E-state index is -0.381. The number of nitrogens with two attached hydrogens (primary N) is 1. The van der Waals surface area contributed by atoms with E-state index in [1.54, 1.807) is 13.0 Å². The Labute approximate surface area is 117 Å². The van der Waals surface area contributed by atoms with Gasteiger partial charge in [0.05, 0.1) is 4.92 Å². The predicted molar refractivity (Wildman–Crippen MR) is 76.5 cm³/mol. The van der Waals surface area contributed by atoms with Crippen LogP contribution in [0, 0.1) is 17.0 Å². The predicted octanol–water partition coefficient (Wildman–Crippen LogP) is 2.94. The lowest BCUT2D eigenvalue weighted by molar-refractivity contribution is -0.385. The summed E-state index contributed by atoms with van der Waals surface area (Å²) in [6, 6.07) is 12.5. The average Bonchev–Trinajstić information content (AvgIpc) is 2.46. The van der Waals surface area contributed by atoms with E-state index in [1.807, 2.05) is 30.3 Å². The Hall–Kier alpha value is -2.40. The highest BCUT2D eigenvalue weighted by Crippen LogP contribution is 2.22. The van der Waals surface area contributed by atoms with Gasteiger partial charge in [-0.15, -0.1) is 0 Å². The van der Waals surface area contributed by atoms with Crippen LogP contribution < -0.4 is 10.5 Å². The molecule has 0 fully saturated rings. The van der Waals surface area contributed by atoms with E-state index in [0.717, 1.165) is 11.1 Å². The van der Waals surface area contributed by atoms with Crippen LogP contribution in [0.25, 0.3) is 0 Å². The second kappa shape index (κ2) is 6.16. The SMILES string of the molecule is Cc1c(COc2cccc(CN)c2)cccc1[N+](=O)[O-]. The van der Waals surface area contributed by atoms with Gasteiger partial charge in [-0.3, -0.25) is 10.1 Å². The third-order valence-electron chi connectivity index (χ3n) is 3.14. The van der Waals surface area contributed by atoms with E-state index in [1.165, 1.54) is 6.07 Å². The van der Waals surface area contributed by atoms with Gasteiger partial charge in [-0.1, -0.05) is 24.3 Å². The molecular formula is C15H16N2O3. The molecule has 5 heteroatoms. The highest BCUT2D eigenvalue weighted by Gasteiger charge is 2.13. The van der Waals surface area contributed by atoms with Crippen LogP contribution in [0.1, 0.15) is 16.7 Å². The summed E-state index contributed by atoms with van der Waals surface area (Å²) < 4.78 is 5.67. The summed E-state index contributed by atoms with van der Waals surface area (Å²) in [6.07, 6.45) is 0. The molecule has 2 rings (SSSR count). The number of hydrogen-bond donors (Lipinski definition) is 1. The standard InChI is InChI=1S/C15H16N2O3/c1-11-13(5-3-7-15(11)17(18)19)10-20-14-6-2-4-12(8-14)9-16/h2-8H,9-10,16H2,1H3. The van der Waals surface area contributed by atoms with Crippen molar-refractivity contribution in [2.24, 2.45) is 5.73 Å². The lowest BCUT2D eigenvalue weighted by atomic mass is 10.1. The van der Waals surface area contributed by atoms with Crippen LogP contribution in [-0.2, 0) is 13.2 Å². The molecule has 0 aliphatic rings. The van der Waals surface area contributed by atoms with Gasteiger partial charge in [-0.25, -0.2) is 0 Å². The van der Waals surface area contributed by atoms with E-state index in [-0.39, 0.29) is 10.6 Å². The van der Waals surface area contributed by atoms with Crippen molar-refractivity contribution >= 4 is 5.69 Å². The molecule has 0 saturated heterocycles. The van der Waals surface area contributed by atoms with Crippen LogP contribution in [0.5, 0.6) is 5.75 Å². The van der Waals surface area contributed by atoms with Crippen molar-refractivity contribution < 1.29 is 9.66 Å². The van der Waals surface area contributed by atoms with E-state index < -0.39 is 0 Å². The summed E-state index contributed by atoms with van der Waals surface area (Å²) in [7, 11) is 0. The summed E-state index contributed by atoms with van der Waals surface area (Å²) in [6.45, 7) is 2.47. The Morgan fingerprint density at radius 3 is 2.70 bits per heavy atom. The molecule has 0 aromatic heterocycles. The molecule has 20 heavy (non-hydrogen) atoms. The zero-order chi connectivity index (χ0) is 14.5. The van der Waals surface area contributed by atoms with Crippen LogP contribution in [0.4, 0.5) is 5.69 Å². The fraction of sp³-hybridized carbons (Fsp3) is 0.200. The highest BCUT2D eigenvalue weighted by atomic mass is 16.6. The molecule has 0 saturated carbocycles. The van der Waals surface area contributed by atoms with Gasteiger partial charge in [0.25, 0.3) is 5.69 Å². The fourth-order valence-electron chi connectivity index (χ4n) is 1.95. The summed E-state index contributed by atoms with van der Waals surface area (Å²) >= 11 is 0. The van der Waals surface area contributed by atoms with Gasteiger partial charge in [-0.05, 0) is 30.2 Å². The molecule has 0 amide bonds. The third-order valence-corrected chi connectivity index (χ3v) is 3.14. The second-order valence-corrected chi connectivity index (χ2v) is 4.46. The Bertz CT molecular complexity index is 626.